The Balaban J connectivity index is 3.02. The lowest BCUT2D eigenvalue weighted by molar-refractivity contribution is -0.385. The van der Waals surface area contributed by atoms with Crippen molar-refractivity contribution >= 4 is 27.5 Å². The van der Waals surface area contributed by atoms with Crippen LogP contribution in [-0.4, -0.2) is 27.6 Å². The number of carbonyl (C=O) groups excluding carboxylic acids is 1. The second-order valence-electron chi connectivity index (χ2n) is 4.78. The Morgan fingerprint density at radius 3 is 2.58 bits per heavy atom. The van der Waals surface area contributed by atoms with Gasteiger partial charge < -0.3 is 10.4 Å². The zero-order chi connectivity index (χ0) is 14.8. The maximum atomic E-state index is 12.0. The van der Waals surface area contributed by atoms with Gasteiger partial charge in [-0.2, -0.15) is 0 Å². The third-order valence-corrected chi connectivity index (χ3v) is 3.56. The van der Waals surface area contributed by atoms with Crippen LogP contribution in [0.2, 0.25) is 0 Å². The Morgan fingerprint density at radius 2 is 2.11 bits per heavy atom. The van der Waals surface area contributed by atoms with Gasteiger partial charge in [-0.3, -0.25) is 14.9 Å². The third kappa shape index (κ3) is 3.74. The summed E-state index contributed by atoms with van der Waals surface area (Å²) in [5, 5.41) is 23.0. The van der Waals surface area contributed by atoms with E-state index >= 15 is 0 Å². The van der Waals surface area contributed by atoms with Gasteiger partial charge in [0.2, 0.25) is 0 Å². The maximum absolute atomic E-state index is 12.0. The minimum absolute atomic E-state index is 0.170. The molecule has 6 nitrogen and oxygen atoms in total. The van der Waals surface area contributed by atoms with Gasteiger partial charge in [0.25, 0.3) is 11.6 Å². The van der Waals surface area contributed by atoms with Crippen LogP contribution in [0, 0.1) is 10.1 Å². The van der Waals surface area contributed by atoms with Gasteiger partial charge in [0.1, 0.15) is 0 Å². The molecule has 0 aliphatic carbocycles. The molecule has 2 N–H and O–H groups in total. The molecule has 19 heavy (non-hydrogen) atoms. The summed E-state index contributed by atoms with van der Waals surface area (Å²) in [6.45, 7) is 4.90. The molecule has 104 valence electrons. The predicted octanol–water partition coefficient (Wildman–Crippen LogP) is 2.25. The van der Waals surface area contributed by atoms with E-state index in [1.54, 1.807) is 20.8 Å². The van der Waals surface area contributed by atoms with Crippen molar-refractivity contribution in [1.82, 2.24) is 5.32 Å². The average Bonchev–Trinajstić information content (AvgIpc) is 2.28. The fraction of sp³-hybridized carbons (Fsp3) is 0.417. The number of halogens is 1. The Labute approximate surface area is 119 Å². The molecule has 1 atom stereocenters. The number of nitro benzene ring substituents is 1. The van der Waals surface area contributed by atoms with E-state index in [1.807, 2.05) is 0 Å². The minimum atomic E-state index is -0.820. The molecule has 0 aromatic heterocycles. The standard InChI is InChI=1S/C12H15BrN2O4/c1-7(16)12(2,3)14-11(17)8-4-5-9(13)10(6-8)15(18)19/h4-7,16H,1-3H3,(H,14,17). The van der Waals surface area contributed by atoms with Gasteiger partial charge >= 0.3 is 0 Å². The van der Waals surface area contributed by atoms with E-state index in [0.29, 0.717) is 4.47 Å². The van der Waals surface area contributed by atoms with Crippen molar-refractivity contribution in [2.24, 2.45) is 0 Å². The van der Waals surface area contributed by atoms with Crippen LogP contribution >= 0.6 is 15.9 Å². The quantitative estimate of drug-likeness (QED) is 0.654. The summed E-state index contributed by atoms with van der Waals surface area (Å²) >= 11 is 3.05. The highest BCUT2D eigenvalue weighted by molar-refractivity contribution is 9.10. The first-order chi connectivity index (χ1) is 8.65. The second kappa shape index (κ2) is 5.66. The molecular weight excluding hydrogens is 316 g/mol. The van der Waals surface area contributed by atoms with Gasteiger partial charge in [-0.05, 0) is 48.8 Å². The van der Waals surface area contributed by atoms with Crippen LogP contribution in [0.4, 0.5) is 5.69 Å². The highest BCUT2D eigenvalue weighted by atomic mass is 79.9. The lowest BCUT2D eigenvalue weighted by Gasteiger charge is -2.29. The highest BCUT2D eigenvalue weighted by Gasteiger charge is 2.27. The summed E-state index contributed by atoms with van der Waals surface area (Å²) in [5.74, 6) is -0.471. The SMILES string of the molecule is CC(O)C(C)(C)NC(=O)c1ccc(Br)c([N+](=O)[O-])c1. The smallest absolute Gasteiger partial charge is 0.284 e. The van der Waals surface area contributed by atoms with Gasteiger partial charge in [0, 0.05) is 11.6 Å². The van der Waals surface area contributed by atoms with Crippen LogP contribution in [-0.2, 0) is 0 Å². The number of aliphatic hydroxyl groups excluding tert-OH is 1. The van der Waals surface area contributed by atoms with Crippen LogP contribution in [0.15, 0.2) is 22.7 Å². The van der Waals surface area contributed by atoms with Crippen LogP contribution in [0.3, 0.4) is 0 Å². The van der Waals surface area contributed by atoms with Crippen molar-refractivity contribution in [1.29, 1.82) is 0 Å². The minimum Gasteiger partial charge on any atom is -0.391 e. The van der Waals surface area contributed by atoms with Crippen LogP contribution in [0.1, 0.15) is 31.1 Å². The van der Waals surface area contributed by atoms with Gasteiger partial charge in [0.15, 0.2) is 0 Å². The number of hydrogen-bond donors (Lipinski definition) is 2. The van der Waals surface area contributed by atoms with Crippen molar-refractivity contribution in [3.63, 3.8) is 0 Å². The first-order valence-electron chi connectivity index (χ1n) is 5.59. The number of nitro groups is 1. The molecule has 0 bridgehead atoms. The van der Waals surface area contributed by atoms with Crippen molar-refractivity contribution in [2.45, 2.75) is 32.4 Å². The van der Waals surface area contributed by atoms with Gasteiger partial charge in [0.05, 0.1) is 21.0 Å². The summed E-state index contributed by atoms with van der Waals surface area (Å²) < 4.78 is 0.309. The van der Waals surface area contributed by atoms with E-state index in [9.17, 15) is 20.0 Å². The first-order valence-corrected chi connectivity index (χ1v) is 6.39. The van der Waals surface area contributed by atoms with Gasteiger partial charge in [-0.1, -0.05) is 0 Å². The zero-order valence-corrected chi connectivity index (χ0v) is 12.4. The molecular formula is C12H15BrN2O4. The number of hydrogen-bond acceptors (Lipinski definition) is 4. The summed E-state index contributed by atoms with van der Waals surface area (Å²) in [6.07, 6.45) is -0.748. The van der Waals surface area contributed by atoms with Crippen LogP contribution in [0.5, 0.6) is 0 Å². The fourth-order valence-corrected chi connectivity index (χ4v) is 1.65. The lowest BCUT2D eigenvalue weighted by atomic mass is 9.98. The number of amides is 1. The average molecular weight is 331 g/mol. The number of aliphatic hydroxyl groups is 1. The molecule has 0 saturated carbocycles. The van der Waals surface area contributed by atoms with E-state index in [-0.39, 0.29) is 11.3 Å². The number of carbonyl (C=O) groups is 1. The molecule has 0 fully saturated rings. The molecule has 0 aliphatic heterocycles. The Hall–Kier alpha value is -1.47. The Kier molecular flexibility index (Phi) is 4.65. The predicted molar refractivity (Wildman–Crippen MR) is 74.0 cm³/mol. The summed E-state index contributed by atoms with van der Waals surface area (Å²) in [7, 11) is 0. The Morgan fingerprint density at radius 1 is 1.53 bits per heavy atom. The molecule has 0 radical (unpaired) electrons. The van der Waals surface area contributed by atoms with E-state index in [0.717, 1.165) is 0 Å². The lowest BCUT2D eigenvalue weighted by Crippen LogP contribution is -2.50. The molecule has 1 aromatic rings. The normalized spacial score (nSPS) is 12.9. The van der Waals surface area contributed by atoms with Crippen molar-refractivity contribution in [3.8, 4) is 0 Å². The monoisotopic (exact) mass is 330 g/mol. The van der Waals surface area contributed by atoms with E-state index in [2.05, 4.69) is 21.2 Å². The van der Waals surface area contributed by atoms with E-state index < -0.39 is 22.5 Å². The topological polar surface area (TPSA) is 92.5 Å². The molecule has 0 spiro atoms. The number of nitrogens with zero attached hydrogens (tertiary/aromatic N) is 1. The number of benzene rings is 1. The molecule has 1 rings (SSSR count). The third-order valence-electron chi connectivity index (χ3n) is 2.89. The second-order valence-corrected chi connectivity index (χ2v) is 5.63. The number of nitrogens with one attached hydrogen (secondary N) is 1. The highest BCUT2D eigenvalue weighted by Crippen LogP contribution is 2.25. The fourth-order valence-electron chi connectivity index (χ4n) is 1.26. The van der Waals surface area contributed by atoms with Gasteiger partial charge in [-0.15, -0.1) is 0 Å². The zero-order valence-electron chi connectivity index (χ0n) is 10.8. The molecule has 0 saturated heterocycles. The molecule has 7 heteroatoms. The van der Waals surface area contributed by atoms with Crippen molar-refractivity contribution < 1.29 is 14.8 Å². The summed E-state index contributed by atoms with van der Waals surface area (Å²) in [4.78, 5) is 22.2. The maximum Gasteiger partial charge on any atom is 0.284 e. The molecule has 1 aromatic carbocycles. The van der Waals surface area contributed by atoms with Crippen LogP contribution < -0.4 is 5.32 Å². The van der Waals surface area contributed by atoms with Crippen LogP contribution in [0.25, 0.3) is 0 Å². The first kappa shape index (κ1) is 15.6. The van der Waals surface area contributed by atoms with E-state index in [1.165, 1.54) is 18.2 Å². The molecule has 1 amide bonds. The summed E-state index contributed by atoms with van der Waals surface area (Å²) in [6, 6.07) is 4.12. The van der Waals surface area contributed by atoms with Gasteiger partial charge in [-0.25, -0.2) is 0 Å². The number of rotatable bonds is 4. The molecule has 1 unspecified atom stereocenters. The van der Waals surface area contributed by atoms with Crippen molar-refractivity contribution in [2.75, 3.05) is 0 Å². The van der Waals surface area contributed by atoms with E-state index in [4.69, 9.17) is 0 Å². The summed E-state index contributed by atoms with van der Waals surface area (Å²) in [5.41, 5.74) is -0.829. The largest absolute Gasteiger partial charge is 0.391 e. The molecule has 0 heterocycles. The Bertz CT molecular complexity index is 514. The van der Waals surface area contributed by atoms with Crippen molar-refractivity contribution in [3.05, 3.63) is 38.3 Å². The molecule has 0 aliphatic rings.